The van der Waals surface area contributed by atoms with Crippen LogP contribution in [-0.4, -0.2) is 37.2 Å². The molecule has 1 amide bonds. The molecule has 0 radical (unpaired) electrons. The summed E-state index contributed by atoms with van der Waals surface area (Å²) < 4.78 is 12.5. The summed E-state index contributed by atoms with van der Waals surface area (Å²) in [4.78, 5) is 20.0. The van der Waals surface area contributed by atoms with Crippen molar-refractivity contribution in [1.82, 2.24) is 4.98 Å². The third kappa shape index (κ3) is 4.36. The number of thiophene rings is 1. The molecule has 6 nitrogen and oxygen atoms in total. The molecule has 1 N–H and O–H groups in total. The van der Waals surface area contributed by atoms with Gasteiger partial charge in [-0.2, -0.15) is 0 Å². The van der Waals surface area contributed by atoms with Gasteiger partial charge in [-0.25, -0.2) is 4.98 Å². The first-order valence-corrected chi connectivity index (χ1v) is 11.3. The number of ether oxygens (including phenoxy) is 2. The van der Waals surface area contributed by atoms with E-state index < -0.39 is 0 Å². The van der Waals surface area contributed by atoms with Crippen LogP contribution in [0.3, 0.4) is 0 Å². The van der Waals surface area contributed by atoms with Gasteiger partial charge in [0, 0.05) is 35.4 Å². The highest BCUT2D eigenvalue weighted by atomic mass is 32.1. The van der Waals surface area contributed by atoms with Crippen molar-refractivity contribution in [2.75, 3.05) is 36.5 Å². The average Bonchev–Trinajstić information content (AvgIpc) is 3.25. The summed E-state index contributed by atoms with van der Waals surface area (Å²) in [6.07, 6.45) is 3.67. The number of hydrogen-bond acceptors (Lipinski definition) is 6. The number of carbonyl (C=O) groups excluding carboxylic acids is 1. The zero-order valence-corrected chi connectivity index (χ0v) is 18.2. The number of anilines is 2. The molecule has 1 fully saturated rings. The fourth-order valence-corrected chi connectivity index (χ4v) is 4.67. The van der Waals surface area contributed by atoms with E-state index in [1.807, 2.05) is 44.3 Å². The molecule has 3 heterocycles. The first-order valence-electron chi connectivity index (χ1n) is 10.5. The Kier molecular flexibility index (Phi) is 6.38. The predicted molar refractivity (Wildman–Crippen MR) is 122 cm³/mol. The second kappa shape index (κ2) is 9.34. The van der Waals surface area contributed by atoms with E-state index in [9.17, 15) is 4.79 Å². The summed E-state index contributed by atoms with van der Waals surface area (Å²) in [5, 5.41) is 6.33. The summed E-state index contributed by atoms with van der Waals surface area (Å²) in [7, 11) is 0. The maximum absolute atomic E-state index is 13.1. The molecule has 1 aromatic carbocycles. The zero-order valence-electron chi connectivity index (χ0n) is 17.4. The van der Waals surface area contributed by atoms with Crippen LogP contribution in [0.1, 0.15) is 26.7 Å². The lowest BCUT2D eigenvalue weighted by Gasteiger charge is -2.33. The zero-order chi connectivity index (χ0) is 20.9. The van der Waals surface area contributed by atoms with Gasteiger partial charge in [0.25, 0.3) is 0 Å². The number of aromatic nitrogens is 1. The summed E-state index contributed by atoms with van der Waals surface area (Å²) >= 11 is 1.71. The number of amides is 1. The SMILES string of the molecule is CCOc1ccc(OCC)c(NC(=O)[C@H]2CCCN(c3nccc4sccc34)C2)c1. The minimum atomic E-state index is -0.111. The first kappa shape index (κ1) is 20.5. The molecule has 1 aliphatic rings. The minimum absolute atomic E-state index is 0.00629. The maximum Gasteiger partial charge on any atom is 0.229 e. The smallest absolute Gasteiger partial charge is 0.229 e. The number of piperidine rings is 1. The molecule has 0 bridgehead atoms. The molecule has 3 aromatic rings. The largest absolute Gasteiger partial charge is 0.494 e. The van der Waals surface area contributed by atoms with Gasteiger partial charge in [-0.15, -0.1) is 11.3 Å². The molecule has 2 aromatic heterocycles. The van der Waals surface area contributed by atoms with Crippen LogP contribution >= 0.6 is 11.3 Å². The topological polar surface area (TPSA) is 63.7 Å². The number of nitrogens with one attached hydrogen (secondary N) is 1. The van der Waals surface area contributed by atoms with Gasteiger partial charge >= 0.3 is 0 Å². The van der Waals surface area contributed by atoms with Crippen LogP contribution in [0, 0.1) is 5.92 Å². The number of hydrogen-bond donors (Lipinski definition) is 1. The second-order valence-corrected chi connectivity index (χ2v) is 8.21. The number of benzene rings is 1. The van der Waals surface area contributed by atoms with Crippen LogP contribution in [0.2, 0.25) is 0 Å². The predicted octanol–water partition coefficient (Wildman–Crippen LogP) is 4.95. The molecule has 0 spiro atoms. The Morgan fingerprint density at radius 1 is 1.23 bits per heavy atom. The normalized spacial score (nSPS) is 16.5. The standard InChI is InChI=1S/C23H27N3O3S/c1-3-28-17-7-8-20(29-4-2)19(14-17)25-23(27)16-6-5-12-26(15-16)22-18-10-13-30-21(18)9-11-24-22/h7-11,13-14,16H,3-6,12,15H2,1-2H3,(H,25,27)/t16-/m0/s1. The number of nitrogens with zero attached hydrogens (tertiary/aromatic N) is 2. The summed E-state index contributed by atoms with van der Waals surface area (Å²) in [6, 6.07) is 9.69. The molecule has 30 heavy (non-hydrogen) atoms. The van der Waals surface area contributed by atoms with Gasteiger partial charge < -0.3 is 19.7 Å². The maximum atomic E-state index is 13.1. The fourth-order valence-electron chi connectivity index (χ4n) is 3.89. The Labute approximate surface area is 180 Å². The molecule has 1 saturated heterocycles. The van der Waals surface area contributed by atoms with Crippen LogP contribution in [0.5, 0.6) is 11.5 Å². The molecule has 0 unspecified atom stereocenters. The van der Waals surface area contributed by atoms with Crippen LogP contribution in [-0.2, 0) is 4.79 Å². The molecule has 1 atom stereocenters. The van der Waals surface area contributed by atoms with Crippen molar-refractivity contribution in [3.8, 4) is 11.5 Å². The Hall–Kier alpha value is -2.80. The second-order valence-electron chi connectivity index (χ2n) is 7.27. The van der Waals surface area contributed by atoms with Crippen molar-refractivity contribution in [3.05, 3.63) is 41.9 Å². The van der Waals surface area contributed by atoms with Gasteiger partial charge in [0.05, 0.1) is 24.8 Å². The van der Waals surface area contributed by atoms with Gasteiger partial charge in [-0.3, -0.25) is 4.79 Å². The summed E-state index contributed by atoms with van der Waals surface area (Å²) in [5.74, 6) is 2.24. The van der Waals surface area contributed by atoms with Crippen molar-refractivity contribution in [1.29, 1.82) is 0 Å². The van der Waals surface area contributed by atoms with E-state index in [0.29, 0.717) is 31.2 Å². The van der Waals surface area contributed by atoms with E-state index in [1.165, 1.54) is 4.70 Å². The van der Waals surface area contributed by atoms with Crippen molar-refractivity contribution >= 4 is 38.8 Å². The lowest BCUT2D eigenvalue weighted by Crippen LogP contribution is -2.41. The third-order valence-corrected chi connectivity index (χ3v) is 6.15. The molecular weight excluding hydrogens is 398 g/mol. The van der Waals surface area contributed by atoms with Gasteiger partial charge in [-0.05, 0) is 56.3 Å². The first-order chi connectivity index (χ1) is 14.7. The van der Waals surface area contributed by atoms with Crippen LogP contribution < -0.4 is 19.7 Å². The molecule has 1 aliphatic heterocycles. The minimum Gasteiger partial charge on any atom is -0.494 e. The molecule has 4 rings (SSSR count). The van der Waals surface area contributed by atoms with E-state index >= 15 is 0 Å². The summed E-state index contributed by atoms with van der Waals surface area (Å²) in [5.41, 5.74) is 0.656. The van der Waals surface area contributed by atoms with Crippen LogP contribution in [0.4, 0.5) is 11.5 Å². The van der Waals surface area contributed by atoms with E-state index in [1.54, 1.807) is 11.3 Å². The lowest BCUT2D eigenvalue weighted by atomic mass is 9.96. The monoisotopic (exact) mass is 425 g/mol. The number of carbonyl (C=O) groups is 1. The van der Waals surface area contributed by atoms with Crippen LogP contribution in [0.25, 0.3) is 10.1 Å². The Morgan fingerprint density at radius 2 is 2.10 bits per heavy atom. The molecule has 0 aliphatic carbocycles. The Balaban J connectivity index is 1.51. The Bertz CT molecular complexity index is 1020. The van der Waals surface area contributed by atoms with E-state index in [-0.39, 0.29) is 11.8 Å². The van der Waals surface area contributed by atoms with Gasteiger partial charge in [-0.1, -0.05) is 0 Å². The van der Waals surface area contributed by atoms with Crippen molar-refractivity contribution in [2.45, 2.75) is 26.7 Å². The number of fused-ring (bicyclic) bond motifs is 1. The van der Waals surface area contributed by atoms with E-state index in [4.69, 9.17) is 9.47 Å². The van der Waals surface area contributed by atoms with Gasteiger partial charge in [0.2, 0.25) is 5.91 Å². The average molecular weight is 426 g/mol. The number of pyridine rings is 1. The fraction of sp³-hybridized carbons (Fsp3) is 0.391. The lowest BCUT2D eigenvalue weighted by molar-refractivity contribution is -0.120. The van der Waals surface area contributed by atoms with E-state index in [0.717, 1.165) is 36.3 Å². The van der Waals surface area contributed by atoms with Crippen molar-refractivity contribution in [2.24, 2.45) is 5.92 Å². The Morgan fingerprint density at radius 3 is 2.93 bits per heavy atom. The summed E-state index contributed by atoms with van der Waals surface area (Å²) in [6.45, 7) is 6.54. The highest BCUT2D eigenvalue weighted by molar-refractivity contribution is 7.17. The van der Waals surface area contributed by atoms with Gasteiger partial charge in [0.1, 0.15) is 17.3 Å². The highest BCUT2D eigenvalue weighted by Gasteiger charge is 2.28. The van der Waals surface area contributed by atoms with Crippen molar-refractivity contribution < 1.29 is 14.3 Å². The van der Waals surface area contributed by atoms with Crippen molar-refractivity contribution in [3.63, 3.8) is 0 Å². The molecule has 7 heteroatoms. The van der Waals surface area contributed by atoms with E-state index in [2.05, 4.69) is 26.6 Å². The third-order valence-electron chi connectivity index (χ3n) is 5.27. The highest BCUT2D eigenvalue weighted by Crippen LogP contribution is 2.33. The molecular formula is C23H27N3O3S. The van der Waals surface area contributed by atoms with Crippen LogP contribution in [0.15, 0.2) is 41.9 Å². The van der Waals surface area contributed by atoms with Gasteiger partial charge in [0.15, 0.2) is 0 Å². The molecule has 0 saturated carbocycles. The molecule has 158 valence electrons. The number of rotatable bonds is 7. The quantitative estimate of drug-likeness (QED) is 0.580.